The molecule has 16 nitrogen and oxygen atoms in total. The molecule has 2 aliphatic carbocycles. The fourth-order valence-corrected chi connectivity index (χ4v) is 15.8. The molecule has 2 aromatic rings. The minimum Gasteiger partial charge on any atom is -0.364 e. The zero-order valence-corrected chi connectivity index (χ0v) is 48.0. The minimum atomic E-state index is -0.875. The number of rotatable bonds is 22. The summed E-state index contributed by atoms with van der Waals surface area (Å²) in [6.07, 6.45) is 11.3. The summed E-state index contributed by atoms with van der Waals surface area (Å²) in [5, 5.41) is 16.6. The normalized spacial score (nSPS) is 27.6. The third kappa shape index (κ3) is 12.7. The van der Waals surface area contributed by atoms with Crippen molar-refractivity contribution in [1.82, 2.24) is 36.4 Å². The van der Waals surface area contributed by atoms with Gasteiger partial charge in [-0.2, -0.15) is 0 Å². The number of amides is 6. The van der Waals surface area contributed by atoms with Gasteiger partial charge in [0.1, 0.15) is 37.4 Å². The quantitative estimate of drug-likeness (QED) is 0.0566. The summed E-state index contributed by atoms with van der Waals surface area (Å²) in [6.45, 7) is 21.9. The van der Waals surface area contributed by atoms with Crippen LogP contribution in [0.4, 0.5) is 0 Å². The molecule has 0 aromatic heterocycles. The predicted molar refractivity (Wildman–Crippen MR) is 313 cm³/mol. The Labute approximate surface area is 480 Å². The molecule has 4 fully saturated rings. The maximum absolute atomic E-state index is 15.1. The molecule has 0 saturated carbocycles. The van der Waals surface area contributed by atoms with Crippen molar-refractivity contribution in [1.29, 1.82) is 0 Å². The van der Waals surface area contributed by atoms with Crippen molar-refractivity contribution < 1.29 is 43.6 Å². The van der Waals surface area contributed by atoms with Crippen LogP contribution in [-0.4, -0.2) is 143 Å². The highest BCUT2D eigenvalue weighted by molar-refractivity contribution is 8.00. The summed E-state index contributed by atoms with van der Waals surface area (Å²) >= 11 is 3.27. The standard InChI is InChI=1S/C62H77N8O8S2/c1-9-27-61(28-10-2)37-49-69(59(75)45(25-33-79-49)65-55(71)39(5)63-7)53(61)57(73)67-51-43-23-17-15-21-41(43)35-47(51)77-31-19-13-14-20-32-78-48-36-42-22-16-18-24-44(42)52(48)68-58(74)54-62(29-11-3,30-12-4)38-50-70(54)60(76)46(26-34-80-50)66-56(72)40(6)64-8/h9-12,15-18,21-24,39-40,45-54,63-64H,1-5,25-38H2,6-8H3,(H,65,71)(H,66,72)(H,67,73)(H,68,74)/q-1/p+1/t39-,40-,45-,46-,47+,48+,49-,50-,51-,52-,53+,54+/m0/s1. The lowest BCUT2D eigenvalue weighted by Gasteiger charge is -2.38. The molecule has 4 aliphatic heterocycles. The van der Waals surface area contributed by atoms with Crippen LogP contribution >= 0.6 is 23.5 Å². The number of thioether (sulfide) groups is 2. The molecule has 80 heavy (non-hydrogen) atoms. The number of benzene rings is 2. The van der Waals surface area contributed by atoms with E-state index in [1.807, 2.05) is 72.8 Å². The molecular formula is C62H78N8O8S2. The molecule has 426 valence electrons. The van der Waals surface area contributed by atoms with E-state index in [0.717, 1.165) is 22.3 Å². The summed E-state index contributed by atoms with van der Waals surface area (Å²) < 4.78 is 12.9. The topological polar surface area (TPSA) is 204 Å². The highest BCUT2D eigenvalue weighted by Gasteiger charge is 2.60. The number of nitrogens with one attached hydrogen (secondary N) is 5. The van der Waals surface area contributed by atoms with Gasteiger partial charge in [0.25, 0.3) is 0 Å². The van der Waals surface area contributed by atoms with Gasteiger partial charge in [-0.3, -0.25) is 35.7 Å². The molecule has 6 amide bonds. The number of nitrogens with zero attached hydrogens (tertiary/aromatic N) is 2. The number of carbonyl (C=O) groups is 6. The molecule has 0 spiro atoms. The zero-order chi connectivity index (χ0) is 57.1. The maximum atomic E-state index is 15.1. The highest BCUT2D eigenvalue weighted by atomic mass is 32.2. The summed E-state index contributed by atoms with van der Waals surface area (Å²) in [5.74, 6) is 11.3. The van der Waals surface area contributed by atoms with Crippen molar-refractivity contribution in [3.05, 3.63) is 128 Å². The molecule has 7 N–H and O–H groups in total. The van der Waals surface area contributed by atoms with Crippen molar-refractivity contribution in [3.8, 4) is 23.7 Å². The number of likely N-dealkylation sites (N-methyl/N-ethyl adjacent to an activating group) is 2. The van der Waals surface area contributed by atoms with Gasteiger partial charge >= 0.3 is 0 Å². The third-order valence-corrected chi connectivity index (χ3v) is 19.4. The van der Waals surface area contributed by atoms with E-state index in [0.29, 0.717) is 75.7 Å². The molecule has 0 unspecified atom stereocenters. The second kappa shape index (κ2) is 27.1. The minimum absolute atomic E-state index is 0.0293. The Kier molecular flexibility index (Phi) is 20.3. The van der Waals surface area contributed by atoms with Crippen molar-refractivity contribution in [2.24, 2.45) is 10.8 Å². The number of carbonyl (C=O) groups excluding carboxylic acids is 6. The van der Waals surface area contributed by atoms with Crippen molar-refractivity contribution >= 4 is 59.0 Å². The lowest BCUT2D eigenvalue weighted by molar-refractivity contribution is -0.640. The molecule has 0 bridgehead atoms. The Hall–Kier alpha value is -6.12. The van der Waals surface area contributed by atoms with Crippen molar-refractivity contribution in [3.63, 3.8) is 0 Å². The number of hydrogen-bond donors (Lipinski definition) is 6. The van der Waals surface area contributed by atoms with Crippen LogP contribution in [0.3, 0.4) is 0 Å². The van der Waals surface area contributed by atoms with Crippen LogP contribution in [0.5, 0.6) is 0 Å². The van der Waals surface area contributed by atoms with E-state index in [4.69, 9.17) is 9.47 Å². The van der Waals surface area contributed by atoms with E-state index in [-0.39, 0.29) is 59.4 Å². The average Bonchev–Trinajstić information content (AvgIpc) is 4.19. The molecule has 4 saturated heterocycles. The van der Waals surface area contributed by atoms with E-state index >= 15 is 9.59 Å². The van der Waals surface area contributed by atoms with Crippen LogP contribution in [-0.2, 0) is 51.1 Å². The van der Waals surface area contributed by atoms with Crippen molar-refractivity contribution in [2.45, 2.75) is 142 Å². The van der Waals surface area contributed by atoms with Crippen LogP contribution in [0.1, 0.15) is 92.6 Å². The first-order valence-electron chi connectivity index (χ1n) is 27.9. The lowest BCUT2D eigenvalue weighted by Crippen LogP contribution is -2.88. The predicted octanol–water partition coefficient (Wildman–Crippen LogP) is 3.97. The van der Waals surface area contributed by atoms with Crippen LogP contribution in [0.15, 0.2) is 99.2 Å². The van der Waals surface area contributed by atoms with E-state index in [2.05, 4.69) is 83.5 Å². The first-order chi connectivity index (χ1) is 38.7. The Balaban J connectivity index is 0.941. The number of hydrogen-bond acceptors (Lipinski definition) is 11. The molecular weight excluding hydrogens is 1050 g/mol. The number of nitrogens with two attached hydrogens (primary N) is 1. The van der Waals surface area contributed by atoms with E-state index in [1.54, 1.807) is 59.7 Å². The van der Waals surface area contributed by atoms with Gasteiger partial charge in [-0.25, -0.2) is 0 Å². The molecule has 4 heterocycles. The second-order valence-electron chi connectivity index (χ2n) is 21.8. The second-order valence-corrected chi connectivity index (χ2v) is 24.4. The van der Waals surface area contributed by atoms with E-state index in [9.17, 15) is 19.2 Å². The van der Waals surface area contributed by atoms with Gasteiger partial charge in [0.05, 0.1) is 48.1 Å². The molecule has 18 heteroatoms. The molecule has 12 atom stereocenters. The summed E-state index contributed by atoms with van der Waals surface area (Å²) in [4.78, 5) is 88.8. The van der Waals surface area contributed by atoms with Gasteiger partial charge in [-0.15, -0.1) is 49.8 Å². The number of quaternary nitrogens is 1. The number of allylic oxidation sites excluding steroid dienone is 4. The summed E-state index contributed by atoms with van der Waals surface area (Å²) in [6, 6.07) is 10.3. The van der Waals surface area contributed by atoms with Gasteiger partial charge in [0, 0.05) is 29.7 Å². The smallest absolute Gasteiger partial charge is 0.246 e. The molecule has 6 aliphatic rings. The first-order valence-corrected chi connectivity index (χ1v) is 29.9. The fraction of sp³-hybridized carbons (Fsp3) is 0.500. The zero-order valence-electron chi connectivity index (χ0n) is 46.3. The van der Waals surface area contributed by atoms with Gasteiger partial charge < -0.3 is 51.2 Å². The van der Waals surface area contributed by atoms with Crippen molar-refractivity contribution in [2.75, 3.05) is 38.8 Å². The molecule has 8 rings (SSSR count). The SMILES string of the molecule is C=CCC1(CC=C)C[C@@H]2SCC[C@H](NC(=O)[C@H](C)NC)C(=O)N2[C@@H]1C(=O)N[C@H]1c2ccccc2C[C@H]1OCC#CC#CCO[C@@H]1Cc2ccccc2[C@@H]1NC(=O)[C@H]1N2C(=O)[C@@H](NC(=O)[C@H]([CH2-])[NH2+]C)CCS[C@H]2CC1(CC=C)CC=C. The van der Waals surface area contributed by atoms with Crippen LogP contribution in [0.2, 0.25) is 0 Å². The van der Waals surface area contributed by atoms with E-state index < -0.39 is 71.4 Å². The van der Waals surface area contributed by atoms with Gasteiger partial charge in [0.15, 0.2) is 0 Å². The summed E-state index contributed by atoms with van der Waals surface area (Å²) in [7, 11) is 3.45. The fourth-order valence-electron chi connectivity index (χ4n) is 12.8. The third-order valence-electron chi connectivity index (χ3n) is 16.9. The monoisotopic (exact) mass is 1130 g/mol. The largest absolute Gasteiger partial charge is 0.364 e. The molecule has 0 radical (unpaired) electrons. The van der Waals surface area contributed by atoms with E-state index in [1.165, 1.54) is 0 Å². The van der Waals surface area contributed by atoms with Crippen LogP contribution in [0.25, 0.3) is 0 Å². The Morgan fingerprint density at radius 2 is 1.11 bits per heavy atom. The average molecular weight is 1130 g/mol. The van der Waals surface area contributed by atoms with Crippen LogP contribution < -0.4 is 31.9 Å². The molecule has 2 aromatic carbocycles. The van der Waals surface area contributed by atoms with Gasteiger partial charge in [-0.1, -0.05) is 84.7 Å². The number of ether oxygens (including phenoxy) is 2. The van der Waals surface area contributed by atoms with Gasteiger partial charge in [0.2, 0.25) is 35.4 Å². The Morgan fingerprint density at radius 1 is 0.700 bits per heavy atom. The number of fused-ring (bicyclic) bond motifs is 4. The van der Waals surface area contributed by atoms with Crippen LogP contribution in [0, 0.1) is 41.4 Å². The first kappa shape index (κ1) is 60.0. The highest BCUT2D eigenvalue weighted by Crippen LogP contribution is 2.53. The summed E-state index contributed by atoms with van der Waals surface area (Å²) in [5.41, 5.74) is 2.58. The lowest BCUT2D eigenvalue weighted by atomic mass is 9.74. The van der Waals surface area contributed by atoms with Gasteiger partial charge in [-0.05, 0) is 111 Å². The Bertz CT molecular complexity index is 2610. The maximum Gasteiger partial charge on any atom is 0.246 e. The Morgan fingerprint density at radius 3 is 1.51 bits per heavy atom.